The normalized spacial score (nSPS) is 11.0. The first kappa shape index (κ1) is 21.8. The average molecular weight is 442 g/mol. The van der Waals surface area contributed by atoms with Gasteiger partial charge in [-0.05, 0) is 48.9 Å². The topological polar surface area (TPSA) is 95.3 Å². The molecule has 0 aliphatic heterocycles. The second-order valence-corrected chi connectivity index (χ2v) is 7.00. The fourth-order valence-electron chi connectivity index (χ4n) is 3.22. The molecule has 0 spiro atoms. The quantitative estimate of drug-likeness (QED) is 0.339. The van der Waals surface area contributed by atoms with Gasteiger partial charge in [0, 0.05) is 11.5 Å². The molecule has 1 N–H and O–H groups in total. The standard InChI is InChI=1S/C25H22N4O4/c1-3-33-25(31)20-16-26-29(22-14-11-18-6-4-5-7-21(18)27-22)24(20)28-23(30)15-10-17-8-12-19(32-2)13-9-17/h4-16H,3H2,1-2H3,(H,28,30)/b15-10+. The second kappa shape index (κ2) is 9.78. The van der Waals surface area contributed by atoms with E-state index in [9.17, 15) is 9.59 Å². The molecule has 33 heavy (non-hydrogen) atoms. The van der Waals surface area contributed by atoms with Gasteiger partial charge in [0.25, 0.3) is 0 Å². The minimum atomic E-state index is -0.584. The van der Waals surface area contributed by atoms with Crippen LogP contribution in [0.2, 0.25) is 0 Å². The number of carbonyl (C=O) groups excluding carboxylic acids is 2. The first-order valence-electron chi connectivity index (χ1n) is 10.3. The van der Waals surface area contributed by atoms with Crippen molar-refractivity contribution in [1.82, 2.24) is 14.8 Å². The van der Waals surface area contributed by atoms with E-state index in [0.29, 0.717) is 5.82 Å². The predicted octanol–water partition coefficient (Wildman–Crippen LogP) is 4.26. The van der Waals surface area contributed by atoms with Gasteiger partial charge < -0.3 is 14.8 Å². The van der Waals surface area contributed by atoms with Gasteiger partial charge in [0.1, 0.15) is 11.3 Å². The van der Waals surface area contributed by atoms with Crippen LogP contribution >= 0.6 is 0 Å². The van der Waals surface area contributed by atoms with Crippen molar-refractivity contribution >= 4 is 34.7 Å². The average Bonchev–Trinajstić information content (AvgIpc) is 3.26. The summed E-state index contributed by atoms with van der Waals surface area (Å²) in [6, 6.07) is 18.6. The lowest BCUT2D eigenvalue weighted by Gasteiger charge is -2.10. The summed E-state index contributed by atoms with van der Waals surface area (Å²) in [6.07, 6.45) is 4.40. The molecule has 2 aromatic heterocycles. The largest absolute Gasteiger partial charge is 0.497 e. The van der Waals surface area contributed by atoms with Crippen LogP contribution in [0, 0.1) is 0 Å². The molecular formula is C25H22N4O4. The third kappa shape index (κ3) is 4.90. The predicted molar refractivity (Wildman–Crippen MR) is 125 cm³/mol. The van der Waals surface area contributed by atoms with Gasteiger partial charge in [-0.1, -0.05) is 30.3 Å². The highest BCUT2D eigenvalue weighted by atomic mass is 16.5. The Morgan fingerprint density at radius 2 is 1.85 bits per heavy atom. The van der Waals surface area contributed by atoms with Crippen LogP contribution in [0.15, 0.2) is 72.9 Å². The van der Waals surface area contributed by atoms with Crippen LogP contribution in [0.25, 0.3) is 22.8 Å². The number of rotatable bonds is 7. The zero-order chi connectivity index (χ0) is 23.2. The number of anilines is 1. The molecule has 0 saturated heterocycles. The van der Waals surface area contributed by atoms with Crippen molar-refractivity contribution in [2.75, 3.05) is 19.0 Å². The maximum atomic E-state index is 12.7. The number of esters is 1. The molecule has 4 rings (SSSR count). The van der Waals surface area contributed by atoms with E-state index >= 15 is 0 Å². The number of nitrogens with one attached hydrogen (secondary N) is 1. The van der Waals surface area contributed by atoms with Crippen LogP contribution in [0.4, 0.5) is 5.82 Å². The summed E-state index contributed by atoms with van der Waals surface area (Å²) < 4.78 is 11.7. The molecule has 0 atom stereocenters. The van der Waals surface area contributed by atoms with Crippen molar-refractivity contribution in [3.8, 4) is 11.6 Å². The van der Waals surface area contributed by atoms with Crippen molar-refractivity contribution < 1.29 is 19.1 Å². The van der Waals surface area contributed by atoms with Crippen LogP contribution in [0.1, 0.15) is 22.8 Å². The van der Waals surface area contributed by atoms with Crippen LogP contribution in [0.5, 0.6) is 5.75 Å². The Morgan fingerprint density at radius 3 is 2.61 bits per heavy atom. The molecule has 8 heteroatoms. The number of methoxy groups -OCH3 is 1. The highest BCUT2D eigenvalue weighted by Gasteiger charge is 2.21. The van der Waals surface area contributed by atoms with Crippen molar-refractivity contribution in [2.45, 2.75) is 6.92 Å². The number of para-hydroxylation sites is 1. The summed E-state index contributed by atoms with van der Waals surface area (Å²) in [5.74, 6) is 0.347. The first-order chi connectivity index (χ1) is 16.1. The molecule has 0 saturated carbocycles. The molecule has 0 radical (unpaired) electrons. The van der Waals surface area contributed by atoms with E-state index in [1.165, 1.54) is 17.0 Å². The van der Waals surface area contributed by atoms with Gasteiger partial charge in [0.15, 0.2) is 11.6 Å². The van der Waals surface area contributed by atoms with Crippen molar-refractivity contribution in [1.29, 1.82) is 0 Å². The molecule has 166 valence electrons. The summed E-state index contributed by atoms with van der Waals surface area (Å²) in [5.41, 5.74) is 1.72. The van der Waals surface area contributed by atoms with Crippen LogP contribution in [0.3, 0.4) is 0 Å². The lowest BCUT2D eigenvalue weighted by Crippen LogP contribution is -2.16. The van der Waals surface area contributed by atoms with Crippen LogP contribution in [-0.4, -0.2) is 40.4 Å². The van der Waals surface area contributed by atoms with Gasteiger partial charge >= 0.3 is 5.97 Å². The molecule has 0 aliphatic carbocycles. The number of aromatic nitrogens is 3. The molecule has 0 aliphatic rings. The van der Waals surface area contributed by atoms with E-state index in [1.807, 2.05) is 42.5 Å². The number of carbonyl (C=O) groups is 2. The SMILES string of the molecule is CCOC(=O)c1cnn(-c2ccc3ccccc3n2)c1NC(=O)/C=C/c1ccc(OC)cc1. The van der Waals surface area contributed by atoms with Crippen LogP contribution in [-0.2, 0) is 9.53 Å². The summed E-state index contributed by atoms with van der Waals surface area (Å²) >= 11 is 0. The van der Waals surface area contributed by atoms with E-state index in [1.54, 1.807) is 38.3 Å². The Labute approximate surface area is 190 Å². The van der Waals surface area contributed by atoms with E-state index in [2.05, 4.69) is 15.4 Å². The number of nitrogens with zero attached hydrogens (tertiary/aromatic N) is 3. The highest BCUT2D eigenvalue weighted by molar-refractivity contribution is 6.05. The summed E-state index contributed by atoms with van der Waals surface area (Å²) in [6.45, 7) is 1.91. The van der Waals surface area contributed by atoms with E-state index in [4.69, 9.17) is 9.47 Å². The number of pyridine rings is 1. The molecule has 2 heterocycles. The van der Waals surface area contributed by atoms with E-state index in [-0.39, 0.29) is 18.0 Å². The Morgan fingerprint density at radius 1 is 1.06 bits per heavy atom. The van der Waals surface area contributed by atoms with Gasteiger partial charge in [-0.2, -0.15) is 9.78 Å². The summed E-state index contributed by atoms with van der Waals surface area (Å²) in [7, 11) is 1.59. The number of amides is 1. The van der Waals surface area contributed by atoms with Crippen molar-refractivity contribution in [2.24, 2.45) is 0 Å². The Balaban J connectivity index is 1.65. The minimum absolute atomic E-state index is 0.137. The smallest absolute Gasteiger partial charge is 0.343 e. The Kier molecular flexibility index (Phi) is 6.45. The number of benzene rings is 2. The third-order valence-corrected chi connectivity index (χ3v) is 4.85. The van der Waals surface area contributed by atoms with Crippen molar-refractivity contribution in [3.63, 3.8) is 0 Å². The number of ether oxygens (including phenoxy) is 2. The molecular weight excluding hydrogens is 420 g/mol. The molecule has 0 unspecified atom stereocenters. The van der Waals surface area contributed by atoms with Gasteiger partial charge in [0.05, 0.1) is 25.4 Å². The third-order valence-electron chi connectivity index (χ3n) is 4.85. The molecule has 2 aromatic carbocycles. The number of hydrogen-bond acceptors (Lipinski definition) is 6. The fourth-order valence-corrected chi connectivity index (χ4v) is 3.22. The van der Waals surface area contributed by atoms with Gasteiger partial charge in [-0.25, -0.2) is 9.78 Å². The van der Waals surface area contributed by atoms with E-state index in [0.717, 1.165) is 22.2 Å². The lowest BCUT2D eigenvalue weighted by molar-refractivity contribution is -0.111. The van der Waals surface area contributed by atoms with E-state index < -0.39 is 11.9 Å². The molecule has 8 nitrogen and oxygen atoms in total. The second-order valence-electron chi connectivity index (χ2n) is 7.00. The zero-order valence-corrected chi connectivity index (χ0v) is 18.2. The molecule has 0 bridgehead atoms. The summed E-state index contributed by atoms with van der Waals surface area (Å²) in [5, 5.41) is 8.00. The molecule has 0 fully saturated rings. The Bertz CT molecular complexity index is 1330. The molecule has 4 aromatic rings. The summed E-state index contributed by atoms with van der Waals surface area (Å²) in [4.78, 5) is 29.8. The minimum Gasteiger partial charge on any atom is -0.497 e. The van der Waals surface area contributed by atoms with Gasteiger partial charge in [-0.3, -0.25) is 4.79 Å². The van der Waals surface area contributed by atoms with Gasteiger partial charge in [-0.15, -0.1) is 0 Å². The maximum Gasteiger partial charge on any atom is 0.343 e. The fraction of sp³-hybridized carbons (Fsp3) is 0.120. The number of fused-ring (bicyclic) bond motifs is 1. The molecule has 1 amide bonds. The van der Waals surface area contributed by atoms with Gasteiger partial charge in [0.2, 0.25) is 5.91 Å². The lowest BCUT2D eigenvalue weighted by atomic mass is 10.2. The Hall–Kier alpha value is -4.46. The first-order valence-corrected chi connectivity index (χ1v) is 10.3. The maximum absolute atomic E-state index is 12.7. The highest BCUT2D eigenvalue weighted by Crippen LogP contribution is 2.22. The zero-order valence-electron chi connectivity index (χ0n) is 18.2. The van der Waals surface area contributed by atoms with Crippen molar-refractivity contribution in [3.05, 3.63) is 84.1 Å². The number of hydrogen-bond donors (Lipinski definition) is 1. The van der Waals surface area contributed by atoms with Crippen LogP contribution < -0.4 is 10.1 Å². The monoisotopic (exact) mass is 442 g/mol.